The Labute approximate surface area is 195 Å². The summed E-state index contributed by atoms with van der Waals surface area (Å²) in [6.45, 7) is 2.31. The highest BCUT2D eigenvalue weighted by Gasteiger charge is 2.31. The predicted octanol–water partition coefficient (Wildman–Crippen LogP) is 3.17. The molecule has 0 bridgehead atoms. The fourth-order valence-corrected chi connectivity index (χ4v) is 6.48. The summed E-state index contributed by atoms with van der Waals surface area (Å²) in [7, 11) is -4.09. The Morgan fingerprint density at radius 1 is 1.09 bits per heavy atom. The van der Waals surface area contributed by atoms with Crippen molar-refractivity contribution < 1.29 is 13.2 Å². The Morgan fingerprint density at radius 3 is 2.38 bits per heavy atom. The third kappa shape index (κ3) is 4.30. The minimum atomic E-state index is -4.09. The highest BCUT2D eigenvalue weighted by atomic mass is 35.5. The largest absolute Gasteiger partial charge is 0.341 e. The smallest absolute Gasteiger partial charge is 0.326 e. The summed E-state index contributed by atoms with van der Waals surface area (Å²) < 4.78 is 29.6. The molecule has 2 N–H and O–H groups in total. The van der Waals surface area contributed by atoms with Crippen LogP contribution in [0.3, 0.4) is 0 Å². The molecular formula is C21H22Cl2N4O4S. The van der Waals surface area contributed by atoms with Gasteiger partial charge in [0.15, 0.2) is 0 Å². The number of carbonyl (C=O) groups is 1. The van der Waals surface area contributed by atoms with Gasteiger partial charge in [-0.1, -0.05) is 41.4 Å². The van der Waals surface area contributed by atoms with Crippen molar-refractivity contribution in [2.45, 2.75) is 36.7 Å². The molecule has 1 amide bonds. The molecule has 1 fully saturated rings. The van der Waals surface area contributed by atoms with E-state index in [0.717, 1.165) is 11.0 Å². The molecule has 0 radical (unpaired) electrons. The van der Waals surface area contributed by atoms with Gasteiger partial charge >= 0.3 is 5.69 Å². The number of piperidine rings is 1. The number of aromatic nitrogens is 2. The van der Waals surface area contributed by atoms with Crippen LogP contribution in [-0.2, 0) is 14.8 Å². The number of fused-ring (bicyclic) bond motifs is 1. The number of rotatable bonds is 5. The molecule has 3 aromatic rings. The molecule has 1 aromatic heterocycles. The first-order valence-electron chi connectivity index (χ1n) is 10.1. The average Bonchev–Trinajstić information content (AvgIpc) is 3.08. The molecule has 1 atom stereocenters. The van der Waals surface area contributed by atoms with Crippen LogP contribution in [0.5, 0.6) is 0 Å². The van der Waals surface area contributed by atoms with E-state index in [9.17, 15) is 18.0 Å². The van der Waals surface area contributed by atoms with Gasteiger partial charge in [-0.2, -0.15) is 4.72 Å². The van der Waals surface area contributed by atoms with E-state index < -0.39 is 16.1 Å². The first kappa shape index (κ1) is 22.8. The zero-order valence-electron chi connectivity index (χ0n) is 17.2. The van der Waals surface area contributed by atoms with E-state index in [0.29, 0.717) is 25.9 Å². The van der Waals surface area contributed by atoms with Crippen LogP contribution >= 0.6 is 23.2 Å². The minimum absolute atomic E-state index is 0.0189. The standard InChI is InChI=1S/C21H22Cl2N4O4S/c1-13(25-32(30,31)19-15(22)5-4-6-16(19)23)20(28)26-11-9-14(10-12-26)27-18-8-3-2-7-17(18)24-21(27)29/h2-8,13-14,25H,9-12H2,1H3,(H,24,29)/t13-/m1/s1. The summed E-state index contributed by atoms with van der Waals surface area (Å²) in [6, 6.07) is 10.8. The lowest BCUT2D eigenvalue weighted by Gasteiger charge is -2.34. The summed E-state index contributed by atoms with van der Waals surface area (Å²) in [5.41, 5.74) is 1.44. The number of nitrogens with one attached hydrogen (secondary N) is 2. The van der Waals surface area contributed by atoms with Crippen LogP contribution in [0.4, 0.5) is 0 Å². The van der Waals surface area contributed by atoms with E-state index in [4.69, 9.17) is 23.2 Å². The van der Waals surface area contributed by atoms with Gasteiger partial charge in [-0.25, -0.2) is 13.2 Å². The van der Waals surface area contributed by atoms with Crippen LogP contribution in [0.1, 0.15) is 25.8 Å². The first-order chi connectivity index (χ1) is 15.2. The lowest BCUT2D eigenvalue weighted by atomic mass is 10.0. The molecule has 2 aromatic carbocycles. The van der Waals surface area contributed by atoms with E-state index in [1.54, 1.807) is 15.5 Å². The maximum atomic E-state index is 12.9. The monoisotopic (exact) mass is 496 g/mol. The number of nitrogens with zero attached hydrogens (tertiary/aromatic N) is 2. The second-order valence-electron chi connectivity index (χ2n) is 7.77. The topological polar surface area (TPSA) is 104 Å². The number of sulfonamides is 1. The number of amides is 1. The van der Waals surface area contributed by atoms with Crippen LogP contribution in [-0.4, -0.2) is 47.9 Å². The van der Waals surface area contributed by atoms with Gasteiger partial charge in [0.05, 0.1) is 27.1 Å². The molecule has 170 valence electrons. The fourth-order valence-electron chi connectivity index (χ4n) is 4.14. The van der Waals surface area contributed by atoms with Gasteiger partial charge in [0.25, 0.3) is 0 Å². The SMILES string of the molecule is C[C@@H](NS(=O)(=O)c1c(Cl)cccc1Cl)C(=O)N1CCC(n2c(=O)[nH]c3ccccc32)CC1. The number of likely N-dealkylation sites (tertiary alicyclic amines) is 1. The molecule has 1 saturated heterocycles. The quantitative estimate of drug-likeness (QED) is 0.565. The van der Waals surface area contributed by atoms with Gasteiger partial charge in [0, 0.05) is 19.1 Å². The number of para-hydroxylation sites is 2. The van der Waals surface area contributed by atoms with Crippen LogP contribution in [0.25, 0.3) is 11.0 Å². The third-order valence-corrected chi connectivity index (χ3v) is 8.15. The zero-order chi connectivity index (χ0) is 23.0. The van der Waals surface area contributed by atoms with E-state index in [1.807, 2.05) is 24.3 Å². The predicted molar refractivity (Wildman–Crippen MR) is 124 cm³/mol. The second-order valence-corrected chi connectivity index (χ2v) is 10.2. The Balaban J connectivity index is 1.44. The van der Waals surface area contributed by atoms with Crippen LogP contribution < -0.4 is 10.4 Å². The molecule has 32 heavy (non-hydrogen) atoms. The number of hydrogen-bond donors (Lipinski definition) is 2. The molecule has 1 aliphatic rings. The number of carbonyl (C=O) groups excluding carboxylic acids is 1. The van der Waals surface area contributed by atoms with Crippen molar-refractivity contribution in [3.8, 4) is 0 Å². The minimum Gasteiger partial charge on any atom is -0.341 e. The normalized spacial score (nSPS) is 16.4. The van der Waals surface area contributed by atoms with Crippen molar-refractivity contribution >= 4 is 50.2 Å². The van der Waals surface area contributed by atoms with E-state index >= 15 is 0 Å². The third-order valence-electron chi connectivity index (χ3n) is 5.66. The van der Waals surface area contributed by atoms with Crippen molar-refractivity contribution in [1.82, 2.24) is 19.2 Å². The summed E-state index contributed by atoms with van der Waals surface area (Å²) >= 11 is 12.0. The number of aromatic amines is 1. The van der Waals surface area contributed by atoms with Crippen molar-refractivity contribution in [3.05, 3.63) is 63.0 Å². The van der Waals surface area contributed by atoms with Crippen LogP contribution in [0, 0.1) is 0 Å². The highest BCUT2D eigenvalue weighted by Crippen LogP contribution is 2.29. The van der Waals surface area contributed by atoms with Crippen LogP contribution in [0.15, 0.2) is 52.2 Å². The average molecular weight is 497 g/mol. The van der Waals surface area contributed by atoms with Gasteiger partial charge in [0.1, 0.15) is 4.90 Å². The summed E-state index contributed by atoms with van der Waals surface area (Å²) in [5, 5.41) is -0.0377. The maximum absolute atomic E-state index is 12.9. The number of H-pyrrole nitrogens is 1. The number of halogens is 2. The maximum Gasteiger partial charge on any atom is 0.326 e. The number of benzene rings is 2. The van der Waals surface area contributed by atoms with Crippen molar-refractivity contribution in [3.63, 3.8) is 0 Å². The number of hydrogen-bond acceptors (Lipinski definition) is 4. The Kier molecular flexibility index (Phi) is 6.35. The van der Waals surface area contributed by atoms with Gasteiger partial charge in [0.2, 0.25) is 15.9 Å². The lowest BCUT2D eigenvalue weighted by Crippen LogP contribution is -2.49. The Hall–Kier alpha value is -2.33. The first-order valence-corrected chi connectivity index (χ1v) is 12.4. The number of imidazole rings is 1. The van der Waals surface area contributed by atoms with Gasteiger partial charge in [-0.05, 0) is 44.0 Å². The molecule has 4 rings (SSSR count). The van der Waals surface area contributed by atoms with Gasteiger partial charge in [-0.3, -0.25) is 9.36 Å². The van der Waals surface area contributed by atoms with E-state index in [-0.39, 0.29) is 32.6 Å². The fraction of sp³-hybridized carbons (Fsp3) is 0.333. The van der Waals surface area contributed by atoms with Crippen LogP contribution in [0.2, 0.25) is 10.0 Å². The Bertz CT molecular complexity index is 1310. The molecule has 2 heterocycles. The zero-order valence-corrected chi connectivity index (χ0v) is 19.5. The van der Waals surface area contributed by atoms with Gasteiger partial charge in [-0.15, -0.1) is 0 Å². The molecule has 0 aliphatic carbocycles. The molecule has 11 heteroatoms. The van der Waals surface area contributed by atoms with Crippen molar-refractivity contribution in [1.29, 1.82) is 0 Å². The van der Waals surface area contributed by atoms with E-state index in [2.05, 4.69) is 9.71 Å². The summed E-state index contributed by atoms with van der Waals surface area (Å²) in [4.78, 5) is 29.6. The Morgan fingerprint density at radius 2 is 1.72 bits per heavy atom. The molecule has 8 nitrogen and oxygen atoms in total. The lowest BCUT2D eigenvalue weighted by molar-refractivity contribution is -0.133. The second kappa shape index (κ2) is 8.90. The van der Waals surface area contributed by atoms with E-state index in [1.165, 1.54) is 19.1 Å². The molecule has 0 unspecified atom stereocenters. The summed E-state index contributed by atoms with van der Waals surface area (Å²) in [5.74, 6) is -0.346. The van der Waals surface area contributed by atoms with Gasteiger partial charge < -0.3 is 9.88 Å². The van der Waals surface area contributed by atoms with Crippen molar-refractivity contribution in [2.24, 2.45) is 0 Å². The van der Waals surface area contributed by atoms with Crippen molar-refractivity contribution in [2.75, 3.05) is 13.1 Å². The highest BCUT2D eigenvalue weighted by molar-refractivity contribution is 7.89. The molecule has 1 aliphatic heterocycles. The molecule has 0 saturated carbocycles. The molecular weight excluding hydrogens is 475 g/mol. The molecule has 0 spiro atoms. The summed E-state index contributed by atoms with van der Waals surface area (Å²) in [6.07, 6.45) is 1.17.